The molecule has 1 saturated heterocycles. The Morgan fingerprint density at radius 1 is 1.04 bits per heavy atom. The maximum absolute atomic E-state index is 5.55. The molecule has 0 atom stereocenters. The van der Waals surface area contributed by atoms with Gasteiger partial charge in [-0.3, -0.25) is 0 Å². The van der Waals surface area contributed by atoms with E-state index in [1.807, 2.05) is 0 Å². The molecular weight excluding hydrogens is 386 g/mol. The molecule has 6 heteroatoms. The van der Waals surface area contributed by atoms with Gasteiger partial charge in [-0.1, -0.05) is 59.8 Å². The van der Waals surface area contributed by atoms with Gasteiger partial charge in [-0.05, 0) is 18.6 Å². The molecule has 0 bridgehead atoms. The number of ether oxygens (including phenoxy) is 1. The van der Waals surface area contributed by atoms with Crippen molar-refractivity contribution >= 4 is 49.2 Å². The summed E-state index contributed by atoms with van der Waals surface area (Å²) in [4.78, 5) is 12.3. The van der Waals surface area contributed by atoms with Crippen LogP contribution in [0.1, 0.15) is 11.1 Å². The van der Waals surface area contributed by atoms with Crippen molar-refractivity contribution in [1.29, 1.82) is 0 Å². The van der Waals surface area contributed by atoms with Crippen LogP contribution < -0.4 is 4.90 Å². The Bertz CT molecular complexity index is 1120. The molecule has 0 saturated carbocycles. The van der Waals surface area contributed by atoms with E-state index in [1.54, 1.807) is 23.1 Å². The fourth-order valence-corrected chi connectivity index (χ4v) is 5.40. The minimum Gasteiger partial charge on any atom is -0.378 e. The number of thioether (sulfide) groups is 1. The minimum atomic E-state index is 0.752. The van der Waals surface area contributed by atoms with Crippen molar-refractivity contribution in [3.63, 3.8) is 0 Å². The Hall–Kier alpha value is -2.15. The first-order valence-corrected chi connectivity index (χ1v) is 11.3. The van der Waals surface area contributed by atoms with Gasteiger partial charge < -0.3 is 9.64 Å². The second-order valence-electron chi connectivity index (χ2n) is 6.98. The molecule has 3 heterocycles. The van der Waals surface area contributed by atoms with Gasteiger partial charge in [-0.25, -0.2) is 9.97 Å². The first-order valence-electron chi connectivity index (χ1n) is 9.48. The van der Waals surface area contributed by atoms with E-state index in [0.29, 0.717) is 0 Å². The number of thiophene rings is 1. The third-order valence-electron chi connectivity index (χ3n) is 4.98. The highest BCUT2D eigenvalue weighted by atomic mass is 32.2. The molecule has 2 aromatic heterocycles. The smallest absolute Gasteiger partial charge is 0.190 e. The van der Waals surface area contributed by atoms with E-state index in [0.717, 1.165) is 48.5 Å². The van der Waals surface area contributed by atoms with Crippen molar-refractivity contribution in [2.45, 2.75) is 17.8 Å². The summed E-state index contributed by atoms with van der Waals surface area (Å²) in [7, 11) is 0. The Kier molecular flexibility index (Phi) is 4.93. The van der Waals surface area contributed by atoms with Crippen LogP contribution in [-0.4, -0.2) is 36.3 Å². The number of anilines is 1. The van der Waals surface area contributed by atoms with Gasteiger partial charge in [0.25, 0.3) is 0 Å². The highest BCUT2D eigenvalue weighted by molar-refractivity contribution is 7.98. The standard InChI is InChI=1S/C22H21N3OS2/c1-15-6-8-16(9-7-15)14-27-22-23-19-17-4-2-3-5-18(17)28-20(19)21(24-22)25-10-12-26-13-11-25/h2-9H,10-14H2,1H3. The van der Waals surface area contributed by atoms with Crippen LogP contribution in [0.25, 0.3) is 20.3 Å². The SMILES string of the molecule is Cc1ccc(CSc2nc(N3CCOCC3)c3sc4ccccc4c3n2)cc1. The van der Waals surface area contributed by atoms with Gasteiger partial charge in [0.15, 0.2) is 11.0 Å². The van der Waals surface area contributed by atoms with Crippen LogP contribution in [-0.2, 0) is 10.5 Å². The summed E-state index contributed by atoms with van der Waals surface area (Å²) in [6.07, 6.45) is 0. The molecular formula is C22H21N3OS2. The van der Waals surface area contributed by atoms with Crippen molar-refractivity contribution in [3.05, 3.63) is 59.7 Å². The molecule has 0 amide bonds. The molecule has 0 spiro atoms. The highest BCUT2D eigenvalue weighted by Gasteiger charge is 2.20. The zero-order valence-electron chi connectivity index (χ0n) is 15.7. The third kappa shape index (κ3) is 3.48. The van der Waals surface area contributed by atoms with E-state index in [1.165, 1.54) is 25.9 Å². The topological polar surface area (TPSA) is 38.2 Å². The minimum absolute atomic E-state index is 0.752. The van der Waals surface area contributed by atoms with Gasteiger partial charge >= 0.3 is 0 Å². The fourth-order valence-electron chi connectivity index (χ4n) is 3.44. The second kappa shape index (κ2) is 7.70. The highest BCUT2D eigenvalue weighted by Crippen LogP contribution is 2.39. The first-order chi connectivity index (χ1) is 13.8. The van der Waals surface area contributed by atoms with Crippen LogP contribution in [0.5, 0.6) is 0 Å². The molecule has 142 valence electrons. The molecule has 0 unspecified atom stereocenters. The average Bonchev–Trinajstić information content (AvgIpc) is 3.12. The van der Waals surface area contributed by atoms with Crippen molar-refractivity contribution in [2.75, 3.05) is 31.2 Å². The van der Waals surface area contributed by atoms with E-state index in [9.17, 15) is 0 Å². The van der Waals surface area contributed by atoms with Crippen LogP contribution >= 0.6 is 23.1 Å². The Balaban J connectivity index is 1.56. The summed E-state index contributed by atoms with van der Waals surface area (Å²) in [5.41, 5.74) is 3.65. The number of hydrogen-bond donors (Lipinski definition) is 0. The summed E-state index contributed by atoms with van der Waals surface area (Å²) in [6.45, 7) is 5.37. The van der Waals surface area contributed by atoms with E-state index in [2.05, 4.69) is 60.4 Å². The zero-order chi connectivity index (χ0) is 18.9. The molecule has 4 nitrogen and oxygen atoms in total. The molecule has 2 aromatic carbocycles. The molecule has 1 fully saturated rings. The maximum Gasteiger partial charge on any atom is 0.190 e. The van der Waals surface area contributed by atoms with Gasteiger partial charge in [-0.15, -0.1) is 11.3 Å². The van der Waals surface area contributed by atoms with Crippen LogP contribution in [0.15, 0.2) is 53.7 Å². The molecule has 5 rings (SSSR count). The Morgan fingerprint density at radius 2 is 1.82 bits per heavy atom. The summed E-state index contributed by atoms with van der Waals surface area (Å²) in [5, 5.41) is 2.06. The van der Waals surface area contributed by atoms with Crippen molar-refractivity contribution in [3.8, 4) is 0 Å². The number of benzene rings is 2. The normalized spacial score (nSPS) is 14.8. The van der Waals surface area contributed by atoms with E-state index < -0.39 is 0 Å². The molecule has 4 aromatic rings. The van der Waals surface area contributed by atoms with Crippen LogP contribution in [0.2, 0.25) is 0 Å². The molecule has 1 aliphatic heterocycles. The lowest BCUT2D eigenvalue weighted by Gasteiger charge is -2.28. The number of hydrogen-bond acceptors (Lipinski definition) is 6. The summed E-state index contributed by atoms with van der Waals surface area (Å²) in [5.74, 6) is 1.93. The molecule has 0 radical (unpaired) electrons. The number of fused-ring (bicyclic) bond motifs is 3. The number of morpholine rings is 1. The van der Waals surface area contributed by atoms with E-state index in [4.69, 9.17) is 14.7 Å². The molecule has 28 heavy (non-hydrogen) atoms. The lowest BCUT2D eigenvalue weighted by atomic mass is 10.2. The van der Waals surface area contributed by atoms with Crippen LogP contribution in [0.4, 0.5) is 5.82 Å². The number of aromatic nitrogens is 2. The maximum atomic E-state index is 5.55. The largest absolute Gasteiger partial charge is 0.378 e. The second-order valence-corrected chi connectivity index (χ2v) is 8.97. The molecule has 0 N–H and O–H groups in total. The average molecular weight is 408 g/mol. The van der Waals surface area contributed by atoms with Gasteiger partial charge in [0.05, 0.1) is 23.4 Å². The number of nitrogens with zero attached hydrogens (tertiary/aromatic N) is 3. The zero-order valence-corrected chi connectivity index (χ0v) is 17.4. The number of rotatable bonds is 4. The Labute approximate surface area is 172 Å². The first kappa shape index (κ1) is 17.9. The van der Waals surface area contributed by atoms with Gasteiger partial charge in [0, 0.05) is 28.9 Å². The molecule has 0 aliphatic carbocycles. The van der Waals surface area contributed by atoms with Crippen molar-refractivity contribution in [1.82, 2.24) is 9.97 Å². The predicted octanol–water partition coefficient (Wildman–Crippen LogP) is 5.28. The van der Waals surface area contributed by atoms with Crippen LogP contribution in [0.3, 0.4) is 0 Å². The van der Waals surface area contributed by atoms with Crippen molar-refractivity contribution in [2.24, 2.45) is 0 Å². The van der Waals surface area contributed by atoms with Crippen LogP contribution in [0, 0.1) is 6.92 Å². The summed E-state index contributed by atoms with van der Waals surface area (Å²) >= 11 is 3.50. The summed E-state index contributed by atoms with van der Waals surface area (Å²) < 4.78 is 8.00. The van der Waals surface area contributed by atoms with Gasteiger partial charge in [-0.2, -0.15) is 0 Å². The van der Waals surface area contributed by atoms with E-state index >= 15 is 0 Å². The monoisotopic (exact) mass is 407 g/mol. The fraction of sp³-hybridized carbons (Fsp3) is 0.273. The predicted molar refractivity (Wildman–Crippen MR) is 119 cm³/mol. The third-order valence-corrected chi connectivity index (χ3v) is 7.05. The summed E-state index contributed by atoms with van der Waals surface area (Å²) in [6, 6.07) is 17.2. The van der Waals surface area contributed by atoms with Gasteiger partial charge in [0.1, 0.15) is 0 Å². The lowest BCUT2D eigenvalue weighted by Crippen LogP contribution is -2.36. The quantitative estimate of drug-likeness (QED) is 0.340. The lowest BCUT2D eigenvalue weighted by molar-refractivity contribution is 0.122. The number of aryl methyl sites for hydroxylation is 1. The molecule has 1 aliphatic rings. The van der Waals surface area contributed by atoms with Crippen molar-refractivity contribution < 1.29 is 4.74 Å². The van der Waals surface area contributed by atoms with Gasteiger partial charge in [0.2, 0.25) is 0 Å². The van der Waals surface area contributed by atoms with E-state index in [-0.39, 0.29) is 0 Å². The Morgan fingerprint density at radius 3 is 2.64 bits per heavy atom.